The minimum Gasteiger partial charge on any atom is -0.372 e. The molecule has 0 N–H and O–H groups in total. The predicted molar refractivity (Wildman–Crippen MR) is 28.2 cm³/mol. The Hall–Kier alpha value is 2.21. The van der Waals surface area contributed by atoms with Crippen LogP contribution in [-0.4, -0.2) is 0 Å². The number of hydrogen-bond acceptors (Lipinski definition) is 0. The molecule has 0 heterocycles. The molecule has 0 saturated carbocycles. The van der Waals surface area contributed by atoms with Gasteiger partial charge < -0.3 is 35.1 Å². The van der Waals surface area contributed by atoms with E-state index in [4.69, 9.17) is 0 Å². The fraction of sp³-hybridized carbons (Fsp3) is 0.200. The van der Waals surface area contributed by atoms with Crippen molar-refractivity contribution >= 4 is 0 Å². The van der Waals surface area contributed by atoms with Gasteiger partial charge in [-0.15, -0.1) is 0 Å². The monoisotopic (exact) mass is 250 g/mol. The second kappa shape index (κ2) is 41.4. The zero-order chi connectivity index (χ0) is 2.71. The Balaban J connectivity index is -0.00000000333. The predicted octanol–water partition coefficient (Wildman–Crippen LogP) is 1.94. The van der Waals surface area contributed by atoms with E-state index in [0.717, 1.165) is 6.42 Å². The van der Waals surface area contributed by atoms with Crippen LogP contribution in [0.4, 0.5) is 0 Å². The Morgan fingerprint density at radius 3 is 0.857 bits per heavy atom. The van der Waals surface area contributed by atoms with E-state index in [1.807, 2.05) is 0 Å². The topological polar surface area (TPSA) is 0 Å². The van der Waals surface area contributed by atoms with Gasteiger partial charge >= 0.3 is 0 Å². The molecular weight excluding hydrogens is 238 g/mol. The molecule has 2 radical (unpaired) electrons. The minimum atomic E-state index is 0. The largest absolute Gasteiger partial charge is 0.372 e. The van der Waals surface area contributed by atoms with Crippen molar-refractivity contribution in [2.45, 2.75) is 6.42 Å². The summed E-state index contributed by atoms with van der Waals surface area (Å²) >= 11 is 0. The molecule has 0 aliphatic carbocycles. The molecular formula is C5H12Y2-4. The van der Waals surface area contributed by atoms with Gasteiger partial charge in [0.1, 0.15) is 0 Å². The van der Waals surface area contributed by atoms with Crippen LogP contribution in [0, 0.1) is 28.7 Å². The fourth-order valence-electron chi connectivity index (χ4n) is 0. The molecule has 0 saturated heterocycles. The summed E-state index contributed by atoms with van der Waals surface area (Å²) in [6.45, 7) is 6.75. The van der Waals surface area contributed by atoms with Crippen molar-refractivity contribution in [1.82, 2.24) is 0 Å². The molecule has 0 fully saturated rings. The Morgan fingerprint density at radius 1 is 0.857 bits per heavy atom. The van der Waals surface area contributed by atoms with E-state index in [-0.39, 0.29) is 80.3 Å². The first-order valence-electron chi connectivity index (χ1n) is 1.000. The average molecular weight is 250 g/mol. The van der Waals surface area contributed by atoms with Gasteiger partial charge in [0.2, 0.25) is 0 Å². The minimum absolute atomic E-state index is 0. The Bertz CT molecular complexity index is 6.04. The molecule has 0 bridgehead atoms. The van der Waals surface area contributed by atoms with Crippen molar-refractivity contribution in [3.8, 4) is 0 Å². The molecule has 0 nitrogen and oxygen atoms in total. The van der Waals surface area contributed by atoms with Crippen molar-refractivity contribution in [2.75, 3.05) is 0 Å². The van der Waals surface area contributed by atoms with Crippen LogP contribution >= 0.6 is 0 Å². The second-order valence-electron chi connectivity index (χ2n) is 0.354. The van der Waals surface area contributed by atoms with Gasteiger partial charge in [-0.2, -0.15) is 0 Å². The van der Waals surface area contributed by atoms with Crippen LogP contribution in [0.25, 0.3) is 0 Å². The summed E-state index contributed by atoms with van der Waals surface area (Å²) in [6.07, 6.45) is 0.750. The number of rotatable bonds is 0. The molecule has 0 rings (SSSR count). The zero-order valence-electron chi connectivity index (χ0n) is 5.28. The van der Waals surface area contributed by atoms with E-state index in [1.165, 1.54) is 0 Å². The molecule has 0 aromatic carbocycles. The van der Waals surface area contributed by atoms with Crippen molar-refractivity contribution in [3.63, 3.8) is 0 Å². The molecule has 7 heavy (non-hydrogen) atoms. The quantitative estimate of drug-likeness (QED) is 0.576. The maximum Gasteiger partial charge on any atom is 0 e. The van der Waals surface area contributed by atoms with Crippen molar-refractivity contribution in [2.24, 2.45) is 0 Å². The van der Waals surface area contributed by atoms with Gasteiger partial charge in [0.05, 0.1) is 0 Å². The molecule has 2 heteroatoms. The molecule has 42 valence electrons. The normalized spacial score (nSPS) is 2.57. The Morgan fingerprint density at radius 2 is 0.857 bits per heavy atom. The third-order valence-electron chi connectivity index (χ3n) is 0. The summed E-state index contributed by atoms with van der Waals surface area (Å²) in [7, 11) is 0. The molecule has 0 atom stereocenters. The van der Waals surface area contributed by atoms with Crippen molar-refractivity contribution in [1.29, 1.82) is 0 Å². The molecule has 0 unspecified atom stereocenters. The van der Waals surface area contributed by atoms with Crippen molar-refractivity contribution < 1.29 is 65.4 Å². The van der Waals surface area contributed by atoms with Crippen LogP contribution in [0.3, 0.4) is 0 Å². The van der Waals surface area contributed by atoms with E-state index in [9.17, 15) is 0 Å². The Labute approximate surface area is 99.0 Å². The summed E-state index contributed by atoms with van der Waals surface area (Å²) in [5.41, 5.74) is 0. The van der Waals surface area contributed by atoms with Crippen LogP contribution in [0.1, 0.15) is 6.42 Å². The summed E-state index contributed by atoms with van der Waals surface area (Å²) in [4.78, 5) is 0. The molecule has 0 aromatic rings. The summed E-state index contributed by atoms with van der Waals surface area (Å²) in [6, 6.07) is 0. The van der Waals surface area contributed by atoms with Crippen LogP contribution < -0.4 is 0 Å². The second-order valence-corrected chi connectivity index (χ2v) is 0.354. The van der Waals surface area contributed by atoms with E-state index >= 15 is 0 Å². The number of hydrogen-bond donors (Lipinski definition) is 0. The van der Waals surface area contributed by atoms with E-state index < -0.39 is 0 Å². The van der Waals surface area contributed by atoms with Gasteiger partial charge in [0.15, 0.2) is 0 Å². The molecule has 0 aromatic heterocycles. The Kier molecular flexibility index (Phi) is 207. The van der Waals surface area contributed by atoms with Gasteiger partial charge in [-0.3, -0.25) is 0 Å². The van der Waals surface area contributed by atoms with Gasteiger partial charge in [-0.05, 0) is 0 Å². The summed E-state index contributed by atoms with van der Waals surface area (Å²) in [5.74, 6) is 0. The molecule has 0 aliphatic heterocycles. The third kappa shape index (κ3) is 64.9. The third-order valence-corrected chi connectivity index (χ3v) is 0. The maximum atomic E-state index is 3.38. The summed E-state index contributed by atoms with van der Waals surface area (Å²) in [5, 5.41) is 0. The van der Waals surface area contributed by atoms with E-state index in [2.05, 4.69) is 13.8 Å². The average Bonchev–Trinajstić information content (AvgIpc) is 0.918. The fourth-order valence-corrected chi connectivity index (χ4v) is 0. The van der Waals surface area contributed by atoms with E-state index in [0.29, 0.717) is 0 Å². The summed E-state index contributed by atoms with van der Waals surface area (Å²) < 4.78 is 0. The van der Waals surface area contributed by atoms with Crippen LogP contribution in [0.5, 0.6) is 0 Å². The van der Waals surface area contributed by atoms with Gasteiger partial charge in [-0.1, -0.05) is 0 Å². The van der Waals surface area contributed by atoms with E-state index in [1.54, 1.807) is 0 Å². The standard InChI is InChI=1S/C3H6.2CH3.2Y/c1-3-2;;;;/h1-3H2;2*1H3;;/q-2;2*-1;;. The smallest absolute Gasteiger partial charge is 0 e. The van der Waals surface area contributed by atoms with Crippen LogP contribution in [-0.2, 0) is 65.4 Å². The van der Waals surface area contributed by atoms with Gasteiger partial charge in [0.25, 0.3) is 0 Å². The van der Waals surface area contributed by atoms with Crippen LogP contribution in [0.2, 0.25) is 0 Å². The maximum absolute atomic E-state index is 3.38. The molecule has 0 amide bonds. The first-order valence-corrected chi connectivity index (χ1v) is 1.000. The first kappa shape index (κ1) is 35.0. The molecule has 0 aliphatic rings. The first-order chi connectivity index (χ1) is 1.41. The molecule has 0 spiro atoms. The SMILES string of the molecule is [CH2-]C[CH2-].[CH3-].[CH3-].[Y].[Y]. The van der Waals surface area contributed by atoms with Gasteiger partial charge in [-0.25, -0.2) is 0 Å². The zero-order valence-corrected chi connectivity index (χ0v) is 11.0. The van der Waals surface area contributed by atoms with Gasteiger partial charge in [0, 0.05) is 65.4 Å². The van der Waals surface area contributed by atoms with Crippen LogP contribution in [0.15, 0.2) is 0 Å². The van der Waals surface area contributed by atoms with Crippen molar-refractivity contribution in [3.05, 3.63) is 28.7 Å².